The van der Waals surface area contributed by atoms with E-state index in [-0.39, 0.29) is 11.3 Å². The minimum Gasteiger partial charge on any atom is -0.378 e. The third kappa shape index (κ3) is 4.72. The summed E-state index contributed by atoms with van der Waals surface area (Å²) in [6.07, 6.45) is 1.32. The first kappa shape index (κ1) is 19.1. The minimum absolute atomic E-state index is 0.106. The highest BCUT2D eigenvalue weighted by molar-refractivity contribution is 6.09. The highest BCUT2D eigenvalue weighted by Gasteiger charge is 2.13. The molecule has 2 aromatic rings. The van der Waals surface area contributed by atoms with Crippen molar-refractivity contribution in [3.8, 4) is 6.07 Å². The van der Waals surface area contributed by atoms with Crippen LogP contribution in [0.3, 0.4) is 0 Å². The van der Waals surface area contributed by atoms with Crippen molar-refractivity contribution >= 4 is 29.0 Å². The molecule has 0 saturated carbocycles. The number of nitrogens with zero attached hydrogens (tertiary/aromatic N) is 3. The first-order valence-corrected chi connectivity index (χ1v) is 8.67. The Hall–Kier alpha value is -3.70. The number of hydrogen-bond acceptors (Lipinski definition) is 6. The molecule has 2 aromatic carbocycles. The highest BCUT2D eigenvalue weighted by Crippen LogP contribution is 2.20. The molecule has 1 N–H and O–H groups in total. The number of morpholine rings is 1. The molecule has 1 saturated heterocycles. The number of anilines is 2. The lowest BCUT2D eigenvalue weighted by atomic mass is 10.1. The van der Waals surface area contributed by atoms with Crippen LogP contribution in [0.15, 0.2) is 54.1 Å². The average Bonchev–Trinajstić information content (AvgIpc) is 2.73. The van der Waals surface area contributed by atoms with Crippen molar-refractivity contribution in [2.24, 2.45) is 0 Å². The molecular formula is C20H18N4O4. The Labute approximate surface area is 161 Å². The maximum absolute atomic E-state index is 12.4. The molecule has 28 heavy (non-hydrogen) atoms. The van der Waals surface area contributed by atoms with Crippen molar-refractivity contribution in [3.63, 3.8) is 0 Å². The van der Waals surface area contributed by atoms with Crippen molar-refractivity contribution in [1.29, 1.82) is 5.26 Å². The number of carbonyl (C=O) groups excluding carboxylic acids is 1. The molecule has 3 rings (SSSR count). The van der Waals surface area contributed by atoms with Crippen LogP contribution in [-0.2, 0) is 9.53 Å². The van der Waals surface area contributed by atoms with Crippen LogP contribution in [-0.4, -0.2) is 37.1 Å². The molecule has 0 unspecified atom stereocenters. The Morgan fingerprint density at radius 2 is 1.93 bits per heavy atom. The molecule has 0 aliphatic carbocycles. The summed E-state index contributed by atoms with van der Waals surface area (Å²) in [6.45, 7) is 3.01. The van der Waals surface area contributed by atoms with Crippen molar-refractivity contribution in [2.45, 2.75) is 0 Å². The predicted molar refractivity (Wildman–Crippen MR) is 105 cm³/mol. The number of benzene rings is 2. The van der Waals surface area contributed by atoms with Gasteiger partial charge < -0.3 is 15.0 Å². The van der Waals surface area contributed by atoms with E-state index in [4.69, 9.17) is 4.74 Å². The zero-order chi connectivity index (χ0) is 19.9. The summed E-state index contributed by atoms with van der Waals surface area (Å²) in [6, 6.07) is 14.9. The van der Waals surface area contributed by atoms with Crippen LogP contribution >= 0.6 is 0 Å². The van der Waals surface area contributed by atoms with Crippen molar-refractivity contribution in [1.82, 2.24) is 0 Å². The second-order valence-electron chi connectivity index (χ2n) is 6.12. The monoisotopic (exact) mass is 378 g/mol. The van der Waals surface area contributed by atoms with Gasteiger partial charge in [-0.25, -0.2) is 0 Å². The fourth-order valence-corrected chi connectivity index (χ4v) is 2.82. The summed E-state index contributed by atoms with van der Waals surface area (Å²) in [5.74, 6) is -0.576. The van der Waals surface area contributed by atoms with Gasteiger partial charge in [0.1, 0.15) is 11.6 Å². The maximum Gasteiger partial charge on any atom is 0.270 e. The summed E-state index contributed by atoms with van der Waals surface area (Å²) in [5, 5.41) is 22.8. The second kappa shape index (κ2) is 8.79. The summed E-state index contributed by atoms with van der Waals surface area (Å²) in [4.78, 5) is 24.9. The molecule has 0 spiro atoms. The molecule has 0 atom stereocenters. The fourth-order valence-electron chi connectivity index (χ4n) is 2.82. The SMILES string of the molecule is N#C/C(=C\c1cccc([N+](=O)[O-])c1)C(=O)Nc1ccc(N2CCOCC2)cc1. The molecular weight excluding hydrogens is 360 g/mol. The summed E-state index contributed by atoms with van der Waals surface area (Å²) < 4.78 is 5.33. The van der Waals surface area contributed by atoms with Crippen LogP contribution in [0.2, 0.25) is 0 Å². The zero-order valence-electron chi connectivity index (χ0n) is 15.0. The van der Waals surface area contributed by atoms with Crippen molar-refractivity contribution < 1.29 is 14.5 Å². The summed E-state index contributed by atoms with van der Waals surface area (Å²) >= 11 is 0. The lowest BCUT2D eigenvalue weighted by molar-refractivity contribution is -0.384. The van der Waals surface area contributed by atoms with Gasteiger partial charge in [-0.15, -0.1) is 0 Å². The van der Waals surface area contributed by atoms with E-state index in [2.05, 4.69) is 10.2 Å². The number of amides is 1. The van der Waals surface area contributed by atoms with Crippen molar-refractivity contribution in [2.75, 3.05) is 36.5 Å². The number of rotatable bonds is 5. The first-order chi connectivity index (χ1) is 13.6. The third-order valence-corrected chi connectivity index (χ3v) is 4.26. The lowest BCUT2D eigenvalue weighted by Crippen LogP contribution is -2.36. The van der Waals surface area contributed by atoms with Gasteiger partial charge in [-0.3, -0.25) is 14.9 Å². The highest BCUT2D eigenvalue weighted by atomic mass is 16.6. The lowest BCUT2D eigenvalue weighted by Gasteiger charge is -2.28. The number of hydrogen-bond donors (Lipinski definition) is 1. The molecule has 1 fully saturated rings. The molecule has 0 bridgehead atoms. The van der Waals surface area contributed by atoms with E-state index < -0.39 is 10.8 Å². The number of non-ortho nitro benzene ring substituents is 1. The van der Waals surface area contributed by atoms with Gasteiger partial charge in [-0.05, 0) is 35.9 Å². The molecule has 0 aromatic heterocycles. The topological polar surface area (TPSA) is 108 Å². The van der Waals surface area contributed by atoms with Crippen LogP contribution < -0.4 is 10.2 Å². The van der Waals surface area contributed by atoms with Gasteiger partial charge in [-0.1, -0.05) is 12.1 Å². The Morgan fingerprint density at radius 1 is 1.21 bits per heavy atom. The van der Waals surface area contributed by atoms with Crippen LogP contribution in [0.5, 0.6) is 0 Å². The summed E-state index contributed by atoms with van der Waals surface area (Å²) in [7, 11) is 0. The molecule has 1 aliphatic rings. The first-order valence-electron chi connectivity index (χ1n) is 8.67. The minimum atomic E-state index is -0.576. The number of nitriles is 1. The Bertz CT molecular complexity index is 941. The smallest absolute Gasteiger partial charge is 0.270 e. The van der Waals surface area contributed by atoms with Gasteiger partial charge in [0.25, 0.3) is 11.6 Å². The van der Waals surface area contributed by atoms with Gasteiger partial charge in [0.2, 0.25) is 0 Å². The predicted octanol–water partition coefficient (Wildman–Crippen LogP) is 2.98. The Morgan fingerprint density at radius 3 is 2.57 bits per heavy atom. The van der Waals surface area contributed by atoms with Crippen LogP contribution in [0.25, 0.3) is 6.08 Å². The number of nitrogens with one attached hydrogen (secondary N) is 1. The molecule has 1 amide bonds. The number of ether oxygens (including phenoxy) is 1. The van der Waals surface area contributed by atoms with Crippen LogP contribution in [0.1, 0.15) is 5.56 Å². The largest absolute Gasteiger partial charge is 0.378 e. The molecule has 0 radical (unpaired) electrons. The third-order valence-electron chi connectivity index (χ3n) is 4.26. The molecule has 8 heteroatoms. The standard InChI is InChI=1S/C20H18N4O4/c21-14-16(12-15-2-1-3-19(13-15)24(26)27)20(25)22-17-4-6-18(7-5-17)23-8-10-28-11-9-23/h1-7,12-13H,8-11H2,(H,22,25)/b16-12+. The molecule has 1 aliphatic heterocycles. The van der Waals surface area contributed by atoms with Gasteiger partial charge in [0.15, 0.2) is 0 Å². The Kier molecular flexibility index (Phi) is 5.99. The summed E-state index contributed by atoms with van der Waals surface area (Å²) in [5.41, 5.74) is 1.75. The second-order valence-corrected chi connectivity index (χ2v) is 6.12. The zero-order valence-corrected chi connectivity index (χ0v) is 15.0. The van der Waals surface area contributed by atoms with Crippen LogP contribution in [0.4, 0.5) is 17.1 Å². The van der Waals surface area contributed by atoms with Gasteiger partial charge >= 0.3 is 0 Å². The molecule has 1 heterocycles. The average molecular weight is 378 g/mol. The van der Waals surface area contributed by atoms with Crippen LogP contribution in [0, 0.1) is 21.4 Å². The van der Waals surface area contributed by atoms with E-state index >= 15 is 0 Å². The molecule has 8 nitrogen and oxygen atoms in total. The Balaban J connectivity index is 1.71. The number of nitro benzene ring substituents is 1. The van der Waals surface area contributed by atoms with E-state index in [0.717, 1.165) is 18.8 Å². The van der Waals surface area contributed by atoms with Crippen molar-refractivity contribution in [3.05, 3.63) is 69.8 Å². The number of nitro groups is 1. The van der Waals surface area contributed by atoms with E-state index in [1.165, 1.54) is 24.3 Å². The fraction of sp³-hybridized carbons (Fsp3) is 0.200. The number of carbonyl (C=O) groups is 1. The van der Waals surface area contributed by atoms with E-state index in [9.17, 15) is 20.2 Å². The van der Waals surface area contributed by atoms with E-state index in [1.807, 2.05) is 18.2 Å². The van der Waals surface area contributed by atoms with Gasteiger partial charge in [0, 0.05) is 36.6 Å². The quantitative estimate of drug-likeness (QED) is 0.371. The molecule has 142 valence electrons. The maximum atomic E-state index is 12.4. The van der Waals surface area contributed by atoms with E-state index in [1.54, 1.807) is 18.2 Å². The normalized spacial score (nSPS) is 14.2. The van der Waals surface area contributed by atoms with E-state index in [0.29, 0.717) is 24.5 Å². The van der Waals surface area contributed by atoms with Gasteiger partial charge in [-0.2, -0.15) is 5.26 Å². The van der Waals surface area contributed by atoms with Gasteiger partial charge in [0.05, 0.1) is 18.1 Å².